The molecule has 4 fully saturated rings. The van der Waals surface area contributed by atoms with Crippen LogP contribution in [0.15, 0.2) is 0 Å². The molecule has 2 bridgehead atoms. The summed E-state index contributed by atoms with van der Waals surface area (Å²) in [7, 11) is 1.45. The van der Waals surface area contributed by atoms with Gasteiger partial charge in [0.25, 0.3) is 0 Å². The predicted octanol–water partition coefficient (Wildman–Crippen LogP) is 0.170. The number of piperidine rings is 2. The topological polar surface area (TPSA) is 50.9 Å². The Morgan fingerprint density at radius 1 is 1.46 bits per heavy atom. The number of methoxy groups -OCH3 is 1. The minimum atomic E-state index is -0.433. The number of fused-ring (bicyclic) bond motifs is 2. The Morgan fingerprint density at radius 2 is 2.15 bits per heavy atom. The van der Waals surface area contributed by atoms with E-state index < -0.39 is 5.54 Å². The van der Waals surface area contributed by atoms with Crippen molar-refractivity contribution in [3.8, 4) is 0 Å². The van der Waals surface area contributed by atoms with Crippen LogP contribution in [0.2, 0.25) is 0 Å². The van der Waals surface area contributed by atoms with Crippen molar-refractivity contribution in [2.24, 2.45) is 0 Å². The number of esters is 1. The zero-order valence-corrected chi connectivity index (χ0v) is 7.63. The van der Waals surface area contributed by atoms with E-state index >= 15 is 0 Å². The van der Waals surface area contributed by atoms with E-state index in [-0.39, 0.29) is 17.8 Å². The Hall–Kier alpha value is -0.610. The summed E-state index contributed by atoms with van der Waals surface area (Å²) >= 11 is 0. The van der Waals surface area contributed by atoms with Gasteiger partial charge in [-0.05, 0) is 25.7 Å². The number of rotatable bonds is 1. The van der Waals surface area contributed by atoms with Crippen molar-refractivity contribution in [2.75, 3.05) is 7.11 Å². The van der Waals surface area contributed by atoms with Crippen LogP contribution in [0, 0.1) is 0 Å². The highest BCUT2D eigenvalue weighted by molar-refractivity contribution is 5.81. The second kappa shape index (κ2) is 2.07. The molecular formula is C9H13NO3. The van der Waals surface area contributed by atoms with Crippen LogP contribution < -0.4 is 5.32 Å². The zero-order chi connectivity index (χ0) is 9.10. The molecule has 3 saturated heterocycles. The number of carbonyl (C=O) groups excluding carboxylic acids is 1. The summed E-state index contributed by atoms with van der Waals surface area (Å²) in [5.74, 6) is -0.128. The molecular weight excluding hydrogens is 170 g/mol. The molecule has 4 heteroatoms. The van der Waals surface area contributed by atoms with Crippen LogP contribution in [0.3, 0.4) is 0 Å². The first-order chi connectivity index (χ1) is 6.21. The van der Waals surface area contributed by atoms with Crippen LogP contribution in [0.1, 0.15) is 25.7 Å². The molecule has 4 aliphatic rings. The molecule has 3 heterocycles. The molecule has 0 aromatic rings. The quantitative estimate of drug-likeness (QED) is 0.465. The van der Waals surface area contributed by atoms with Crippen molar-refractivity contribution in [1.29, 1.82) is 0 Å². The average Bonchev–Trinajstić information content (AvgIpc) is 2.90. The molecule has 1 N–H and O–H groups in total. The maximum absolute atomic E-state index is 11.6. The molecule has 3 aliphatic heterocycles. The van der Waals surface area contributed by atoms with E-state index in [1.54, 1.807) is 0 Å². The van der Waals surface area contributed by atoms with E-state index in [0.717, 1.165) is 25.7 Å². The molecule has 0 aromatic heterocycles. The minimum absolute atomic E-state index is 0.0930. The first kappa shape index (κ1) is 7.76. The third kappa shape index (κ3) is 0.802. The monoisotopic (exact) mass is 183 g/mol. The standard InChI is InChI=1S/C9H13NO3/c1-12-7(11)8-2-4-9(5-3-8)6(10-8)13-9/h6,10H,2-5H2,1H3. The van der Waals surface area contributed by atoms with Gasteiger partial charge in [-0.15, -0.1) is 0 Å². The Kier molecular flexibility index (Phi) is 1.23. The first-order valence-corrected chi connectivity index (χ1v) is 4.75. The van der Waals surface area contributed by atoms with E-state index in [4.69, 9.17) is 9.47 Å². The molecule has 4 nitrogen and oxygen atoms in total. The summed E-state index contributed by atoms with van der Waals surface area (Å²) < 4.78 is 10.4. The lowest BCUT2D eigenvalue weighted by molar-refractivity contribution is -0.151. The Balaban J connectivity index is 1.89. The molecule has 1 atom stereocenters. The lowest BCUT2D eigenvalue weighted by atomic mass is 9.72. The van der Waals surface area contributed by atoms with Gasteiger partial charge in [-0.1, -0.05) is 0 Å². The number of epoxide rings is 1. The number of nitrogens with one attached hydrogen (secondary N) is 1. The molecule has 4 rings (SSSR count). The van der Waals surface area contributed by atoms with Gasteiger partial charge in [-0.25, -0.2) is 0 Å². The van der Waals surface area contributed by atoms with E-state index in [1.807, 2.05) is 0 Å². The normalized spacial score (nSPS) is 51.3. The van der Waals surface area contributed by atoms with Crippen LogP contribution in [-0.4, -0.2) is 30.4 Å². The second-order valence-electron chi connectivity index (χ2n) is 4.28. The van der Waals surface area contributed by atoms with Crippen molar-refractivity contribution in [1.82, 2.24) is 5.32 Å². The zero-order valence-electron chi connectivity index (χ0n) is 7.63. The highest BCUT2D eigenvalue weighted by atomic mass is 16.6. The predicted molar refractivity (Wildman–Crippen MR) is 44.0 cm³/mol. The molecule has 1 unspecified atom stereocenters. The van der Waals surface area contributed by atoms with Gasteiger partial charge in [-0.3, -0.25) is 10.1 Å². The van der Waals surface area contributed by atoms with Crippen LogP contribution in [0.25, 0.3) is 0 Å². The summed E-state index contributed by atoms with van der Waals surface area (Å²) in [4.78, 5) is 11.6. The van der Waals surface area contributed by atoms with E-state index in [0.29, 0.717) is 0 Å². The highest BCUT2D eigenvalue weighted by Gasteiger charge is 2.68. The van der Waals surface area contributed by atoms with Gasteiger partial charge in [0.1, 0.15) is 17.4 Å². The van der Waals surface area contributed by atoms with Crippen LogP contribution >= 0.6 is 0 Å². The molecule has 0 aromatic carbocycles. The van der Waals surface area contributed by atoms with Crippen LogP contribution in [0.5, 0.6) is 0 Å². The third-order valence-electron chi connectivity index (χ3n) is 3.71. The van der Waals surface area contributed by atoms with Crippen LogP contribution in [0.4, 0.5) is 0 Å². The number of carbonyl (C=O) groups is 1. The van der Waals surface area contributed by atoms with Crippen molar-refractivity contribution < 1.29 is 14.3 Å². The summed E-state index contributed by atoms with van der Waals surface area (Å²) in [5.41, 5.74) is -0.340. The first-order valence-electron chi connectivity index (χ1n) is 4.75. The molecule has 13 heavy (non-hydrogen) atoms. The Morgan fingerprint density at radius 3 is 2.69 bits per heavy atom. The summed E-state index contributed by atoms with van der Waals surface area (Å²) in [6, 6.07) is 0. The third-order valence-corrected chi connectivity index (χ3v) is 3.71. The second-order valence-corrected chi connectivity index (χ2v) is 4.28. The molecule has 1 spiro atoms. The van der Waals surface area contributed by atoms with Gasteiger partial charge < -0.3 is 9.47 Å². The minimum Gasteiger partial charge on any atom is -0.468 e. The fourth-order valence-electron chi connectivity index (χ4n) is 2.70. The molecule has 1 saturated carbocycles. The maximum Gasteiger partial charge on any atom is 0.326 e. The molecule has 0 radical (unpaired) electrons. The van der Waals surface area contributed by atoms with Gasteiger partial charge in [-0.2, -0.15) is 0 Å². The Labute approximate surface area is 76.6 Å². The SMILES string of the molecule is COC(=O)C12CCC3(CC1)OC3N2. The van der Waals surface area contributed by atoms with Gasteiger partial charge in [0.05, 0.1) is 7.11 Å². The highest BCUT2D eigenvalue weighted by Crippen LogP contribution is 2.55. The number of hydrogen-bond acceptors (Lipinski definition) is 4. The van der Waals surface area contributed by atoms with Crippen molar-refractivity contribution >= 4 is 5.97 Å². The summed E-state index contributed by atoms with van der Waals surface area (Å²) in [6.45, 7) is 0. The van der Waals surface area contributed by atoms with E-state index in [1.165, 1.54) is 7.11 Å². The molecule has 1 aliphatic carbocycles. The van der Waals surface area contributed by atoms with E-state index in [2.05, 4.69) is 5.32 Å². The Bertz CT molecular complexity index is 268. The summed E-state index contributed by atoms with van der Waals surface area (Å²) in [6.07, 6.45) is 3.83. The van der Waals surface area contributed by atoms with Crippen molar-refractivity contribution in [2.45, 2.75) is 43.1 Å². The van der Waals surface area contributed by atoms with Gasteiger partial charge in [0.15, 0.2) is 0 Å². The van der Waals surface area contributed by atoms with Gasteiger partial charge in [0.2, 0.25) is 0 Å². The fraction of sp³-hybridized carbons (Fsp3) is 0.889. The van der Waals surface area contributed by atoms with Gasteiger partial charge in [0, 0.05) is 0 Å². The largest absolute Gasteiger partial charge is 0.468 e. The lowest BCUT2D eigenvalue weighted by Gasteiger charge is -2.41. The number of ether oxygens (including phenoxy) is 2. The number of hydrogen-bond donors (Lipinski definition) is 1. The van der Waals surface area contributed by atoms with Crippen molar-refractivity contribution in [3.05, 3.63) is 0 Å². The lowest BCUT2D eigenvalue weighted by Crippen LogP contribution is -2.62. The molecule has 72 valence electrons. The maximum atomic E-state index is 11.6. The van der Waals surface area contributed by atoms with Gasteiger partial charge >= 0.3 is 5.97 Å². The smallest absolute Gasteiger partial charge is 0.326 e. The fourth-order valence-corrected chi connectivity index (χ4v) is 2.70. The van der Waals surface area contributed by atoms with Crippen LogP contribution in [-0.2, 0) is 14.3 Å². The van der Waals surface area contributed by atoms with E-state index in [9.17, 15) is 4.79 Å². The average molecular weight is 183 g/mol. The molecule has 0 amide bonds. The van der Waals surface area contributed by atoms with Crippen molar-refractivity contribution in [3.63, 3.8) is 0 Å². The summed E-state index contributed by atoms with van der Waals surface area (Å²) in [5, 5.41) is 3.25.